The number of hydrogen-bond donors (Lipinski definition) is 2. The van der Waals surface area contributed by atoms with Crippen molar-refractivity contribution in [2.75, 3.05) is 0 Å². The molecule has 12 aromatic carbocycles. The van der Waals surface area contributed by atoms with Crippen LogP contribution in [0.15, 0.2) is 296 Å². The van der Waals surface area contributed by atoms with Gasteiger partial charge in [-0.3, -0.25) is 9.97 Å². The molecule has 0 bridgehead atoms. The zero-order valence-corrected chi connectivity index (χ0v) is 73.0. The smallest absolute Gasteiger partial charge is 0.291 e. The molecule has 18 rings (SSSR count). The molecular formula is C92H67Br6Cl2N9O2S. The van der Waals surface area contributed by atoms with E-state index >= 15 is 0 Å². The number of aromatic amines is 2. The number of rotatable bonds is 10. The lowest BCUT2D eigenvalue weighted by Crippen LogP contribution is -2.28. The van der Waals surface area contributed by atoms with E-state index in [-0.39, 0.29) is 22.6 Å². The van der Waals surface area contributed by atoms with Gasteiger partial charge in [0, 0.05) is 49.7 Å². The number of halogens is 8. The zero-order valence-electron chi connectivity index (χ0n) is 61.1. The predicted octanol–water partition coefficient (Wildman–Crippen LogP) is 25.5. The summed E-state index contributed by atoms with van der Waals surface area (Å²) in [6.07, 6.45) is 0. The van der Waals surface area contributed by atoms with E-state index in [4.69, 9.17) is 33.2 Å². The van der Waals surface area contributed by atoms with Crippen LogP contribution in [0.25, 0.3) is 67.5 Å². The van der Waals surface area contributed by atoms with E-state index in [0.717, 1.165) is 65.6 Å². The SMILES string of the molecule is Cc1ccc(C2(c3ccc(-c4nc(=O)[nH]c(=O)[nH]4)cc3)c3cc(Br)ccc3-c3ccc(Br)cc32)cc1.Cc1ccc(C2(c3ccc(-c4nc(C)nc(SC(C)(C)C)n4)cc3)c3cc(Br)ccc3-c3ccc(Br)cc32)cc1.Cc1ccc(C2(c3ccc(-c4nc(Cl)nc(Cl)n4)cc3)c3cc(Br)ccc3-c3ccc(Br)cc32)cc1.[2HH]. The van der Waals surface area contributed by atoms with Gasteiger partial charge in [-0.1, -0.05) is 327 Å². The highest BCUT2D eigenvalue weighted by molar-refractivity contribution is 9.11. The van der Waals surface area contributed by atoms with E-state index in [0.29, 0.717) is 17.2 Å². The fraction of sp³-hybridized carbons (Fsp3) is 0.120. The minimum Gasteiger partial charge on any atom is -0.291 e. The summed E-state index contributed by atoms with van der Waals surface area (Å²) < 4.78 is 6.23. The van der Waals surface area contributed by atoms with E-state index in [9.17, 15) is 9.59 Å². The third-order valence-corrected chi connectivity index (χ3v) is 25.0. The molecule has 0 aliphatic heterocycles. The Labute approximate surface area is 714 Å². The van der Waals surface area contributed by atoms with Gasteiger partial charge in [0.2, 0.25) is 10.6 Å². The molecule has 15 aromatic rings. The second-order valence-electron chi connectivity index (χ2n) is 29.0. The highest BCUT2D eigenvalue weighted by Crippen LogP contribution is 2.61. The van der Waals surface area contributed by atoms with E-state index in [1.54, 1.807) is 11.8 Å². The highest BCUT2D eigenvalue weighted by Gasteiger charge is 2.50. The van der Waals surface area contributed by atoms with Crippen LogP contribution in [-0.4, -0.2) is 49.6 Å². The van der Waals surface area contributed by atoms with Crippen molar-refractivity contribution >= 4 is 131 Å². The Morgan fingerprint density at radius 3 is 0.893 bits per heavy atom. The Hall–Kier alpha value is -8.92. The van der Waals surface area contributed by atoms with Gasteiger partial charge in [0.15, 0.2) is 16.8 Å². The average molecular weight is 1910 g/mol. The lowest BCUT2D eigenvalue weighted by Gasteiger charge is -2.34. The molecule has 3 heterocycles. The molecule has 2 N–H and O–H groups in total. The zero-order chi connectivity index (χ0) is 78.3. The number of fused-ring (bicyclic) bond motifs is 9. The molecule has 0 atom stereocenters. The van der Waals surface area contributed by atoms with Crippen LogP contribution in [0, 0.1) is 27.7 Å². The summed E-state index contributed by atoms with van der Waals surface area (Å²) in [6, 6.07) is 90.7. The number of nitrogens with one attached hydrogen (secondary N) is 2. The Kier molecular flexibility index (Phi) is 21.2. The number of hydrogen-bond acceptors (Lipinski definition) is 10. The molecule has 0 saturated carbocycles. The topological polar surface area (TPSA) is 156 Å². The van der Waals surface area contributed by atoms with Crippen molar-refractivity contribution in [3.63, 3.8) is 0 Å². The van der Waals surface area contributed by atoms with Crippen molar-refractivity contribution in [2.45, 2.75) is 74.6 Å². The molecule has 3 aromatic heterocycles. The number of nitrogens with zero attached hydrogens (tertiary/aromatic N) is 7. The molecule has 0 fully saturated rings. The van der Waals surface area contributed by atoms with Crippen LogP contribution in [0.4, 0.5) is 0 Å². The molecular weight excluding hydrogens is 1850 g/mol. The molecule has 0 unspecified atom stereocenters. The lowest BCUT2D eigenvalue weighted by molar-refractivity contribution is 0.766. The summed E-state index contributed by atoms with van der Waals surface area (Å²) >= 11 is 36.2. The lowest BCUT2D eigenvalue weighted by atomic mass is 9.67. The molecule has 0 radical (unpaired) electrons. The molecule has 20 heteroatoms. The van der Waals surface area contributed by atoms with Gasteiger partial charge in [-0.2, -0.15) is 19.9 Å². The Bertz CT molecular complexity index is 6170. The third-order valence-electron chi connectivity index (χ3n) is 20.8. The van der Waals surface area contributed by atoms with Crippen molar-refractivity contribution in [3.05, 3.63) is 402 Å². The van der Waals surface area contributed by atoms with Gasteiger partial charge >= 0.3 is 11.4 Å². The fourth-order valence-electron chi connectivity index (χ4n) is 16.1. The van der Waals surface area contributed by atoms with Crippen LogP contribution in [0.5, 0.6) is 0 Å². The van der Waals surface area contributed by atoms with Crippen molar-refractivity contribution < 1.29 is 1.43 Å². The first-order chi connectivity index (χ1) is 53.8. The maximum absolute atomic E-state index is 11.8. The first kappa shape index (κ1) is 77.0. The molecule has 3 aliphatic carbocycles. The molecule has 0 spiro atoms. The first-order valence-electron chi connectivity index (χ1n) is 35.8. The van der Waals surface area contributed by atoms with E-state index in [1.165, 1.54) is 100 Å². The van der Waals surface area contributed by atoms with Crippen molar-refractivity contribution in [1.82, 2.24) is 44.9 Å². The van der Waals surface area contributed by atoms with Crippen molar-refractivity contribution in [1.29, 1.82) is 0 Å². The molecule has 0 amide bonds. The van der Waals surface area contributed by atoms with Gasteiger partial charge in [-0.05, 0) is 224 Å². The minimum absolute atomic E-state index is 0. The van der Waals surface area contributed by atoms with Crippen LogP contribution >= 0.6 is 131 Å². The van der Waals surface area contributed by atoms with Gasteiger partial charge < -0.3 is 0 Å². The third kappa shape index (κ3) is 14.3. The van der Waals surface area contributed by atoms with Gasteiger partial charge in [-0.25, -0.2) is 24.5 Å². The predicted molar refractivity (Wildman–Crippen MR) is 476 cm³/mol. The maximum atomic E-state index is 11.8. The molecule has 0 saturated heterocycles. The molecule has 11 nitrogen and oxygen atoms in total. The van der Waals surface area contributed by atoms with Gasteiger partial charge in [0.1, 0.15) is 11.6 Å². The van der Waals surface area contributed by atoms with E-state index < -0.39 is 27.6 Å². The maximum Gasteiger partial charge on any atom is 0.351 e. The second-order valence-corrected chi connectivity index (χ2v) is 36.9. The van der Waals surface area contributed by atoms with E-state index in [1.807, 2.05) is 31.2 Å². The van der Waals surface area contributed by atoms with Crippen molar-refractivity contribution in [3.8, 4) is 67.5 Å². The second kappa shape index (κ2) is 30.8. The standard InChI is InChI=1S/C34H29Br2N3S.C29H17Br2Cl2N3.C29H19Br2N3O2.H2/c1-20-6-10-23(11-7-20)34(29-18-25(35)14-16-27(29)28-17-15-26(36)19-30(28)34)24-12-8-22(9-13-24)31-37-21(2)38-32(39-31)40-33(3,4)5;1-16-2-6-18(7-3-16)29(19-8-4-17(5-9-19)26-34-27(32)36-28(33)35-26)24-14-20(30)10-12-22(24)23-13-11-21(31)15-25(23)29;1-16-2-6-18(7-3-16)29(19-8-4-17(5-9-19)26-32-27(35)34-28(36)33-26)24-14-20(30)10-12-22(24)23-13-11-21(31)15-25(23)29;/h6-19H,1-5H3;2-15H,1H3;2-15H,1H3,(H2,32,33,34,35,36);1H/i;;;1+1. The van der Waals surface area contributed by atoms with Crippen LogP contribution in [0.1, 0.15) is 111 Å². The van der Waals surface area contributed by atoms with E-state index in [2.05, 4.69) is 403 Å². The Morgan fingerprint density at radius 1 is 0.330 bits per heavy atom. The van der Waals surface area contributed by atoms with Crippen molar-refractivity contribution in [2.24, 2.45) is 0 Å². The summed E-state index contributed by atoms with van der Waals surface area (Å²) in [7, 11) is 0. The number of benzene rings is 12. The summed E-state index contributed by atoms with van der Waals surface area (Å²) in [5.41, 5.74) is 25.0. The summed E-state index contributed by atoms with van der Waals surface area (Å²) in [4.78, 5) is 58.7. The monoisotopic (exact) mass is 1910 g/mol. The molecule has 3 aliphatic rings. The quantitative estimate of drug-likeness (QED) is 0.126. The first-order valence-corrected chi connectivity index (χ1v) is 42.1. The normalized spacial score (nSPS) is 13.5. The number of aromatic nitrogens is 9. The van der Waals surface area contributed by atoms with Crippen LogP contribution in [0.2, 0.25) is 10.6 Å². The summed E-state index contributed by atoms with van der Waals surface area (Å²) in [5, 5.41) is 0.889. The number of aryl methyl sites for hydroxylation is 4. The van der Waals surface area contributed by atoms with Gasteiger partial charge in [0.25, 0.3) is 0 Å². The minimum atomic E-state index is -0.678. The molecule has 554 valence electrons. The highest BCUT2D eigenvalue weighted by atomic mass is 79.9. The average Bonchev–Trinajstić information content (AvgIpc) is 1.56. The Balaban J connectivity index is 0.000000133. The summed E-state index contributed by atoms with van der Waals surface area (Å²) in [6.45, 7) is 14.8. The largest absolute Gasteiger partial charge is 0.351 e. The Morgan fingerprint density at radius 2 is 0.607 bits per heavy atom. The number of H-pyrrole nitrogens is 2. The number of thioether (sulfide) groups is 1. The van der Waals surface area contributed by atoms with Crippen LogP contribution < -0.4 is 11.4 Å². The van der Waals surface area contributed by atoms with Crippen LogP contribution in [0.3, 0.4) is 0 Å². The summed E-state index contributed by atoms with van der Waals surface area (Å²) in [5.74, 6) is 2.10. The fourth-order valence-corrected chi connectivity index (χ4v) is 19.5. The van der Waals surface area contributed by atoms with Crippen LogP contribution in [-0.2, 0) is 16.2 Å². The van der Waals surface area contributed by atoms with Gasteiger partial charge in [0.05, 0.1) is 16.2 Å². The van der Waals surface area contributed by atoms with Gasteiger partial charge in [-0.15, -0.1) is 0 Å². The molecule has 112 heavy (non-hydrogen) atoms.